The largest absolute Gasteiger partial charge is 0.395 e. The number of amides is 1. The van der Waals surface area contributed by atoms with Crippen LogP contribution in [0.25, 0.3) is 0 Å². The molecular formula is C12H15NO3S. The fraction of sp³-hybridized carbons (Fsp3) is 0.417. The number of nitrogens with zero attached hydrogens (tertiary/aromatic N) is 1. The van der Waals surface area contributed by atoms with E-state index >= 15 is 0 Å². The summed E-state index contributed by atoms with van der Waals surface area (Å²) >= 11 is 1.54. The Morgan fingerprint density at radius 3 is 2.88 bits per heavy atom. The standard InChI is InChI=1S/C12H15NO3S/c1-7(6-14)17-8-3-4-9-10(5-8)13(2)12(16)11(9)15/h3-5,7,11,14-15H,6H2,1-2H3. The van der Waals surface area contributed by atoms with Crippen LogP contribution in [0.1, 0.15) is 18.6 Å². The van der Waals surface area contributed by atoms with Crippen LogP contribution < -0.4 is 4.90 Å². The summed E-state index contributed by atoms with van der Waals surface area (Å²) in [5.41, 5.74) is 1.40. The quantitative estimate of drug-likeness (QED) is 0.794. The third-order valence-corrected chi connectivity index (χ3v) is 3.89. The topological polar surface area (TPSA) is 60.8 Å². The number of carbonyl (C=O) groups excluding carboxylic acids is 1. The smallest absolute Gasteiger partial charge is 0.260 e. The first-order valence-electron chi connectivity index (χ1n) is 5.41. The van der Waals surface area contributed by atoms with Crippen molar-refractivity contribution in [3.8, 4) is 0 Å². The predicted octanol–water partition coefficient (Wildman–Crippen LogP) is 1.17. The fourth-order valence-corrected chi connectivity index (χ4v) is 2.69. The number of aliphatic hydroxyl groups is 2. The molecule has 5 heteroatoms. The number of carbonyl (C=O) groups is 1. The van der Waals surface area contributed by atoms with Crippen LogP contribution >= 0.6 is 11.8 Å². The summed E-state index contributed by atoms with van der Waals surface area (Å²) in [6.07, 6.45) is -1.04. The highest BCUT2D eigenvalue weighted by molar-refractivity contribution is 8.00. The van der Waals surface area contributed by atoms with E-state index in [2.05, 4.69) is 0 Å². The molecule has 2 N–H and O–H groups in total. The van der Waals surface area contributed by atoms with Crippen LogP contribution in [0.4, 0.5) is 5.69 Å². The Balaban J connectivity index is 2.30. The van der Waals surface area contributed by atoms with E-state index in [1.807, 2.05) is 19.1 Å². The van der Waals surface area contributed by atoms with Crippen LogP contribution in [-0.2, 0) is 4.79 Å². The molecule has 0 bridgehead atoms. The Kier molecular flexibility index (Phi) is 3.42. The average molecular weight is 253 g/mol. The fourth-order valence-electron chi connectivity index (χ4n) is 1.82. The molecular weight excluding hydrogens is 238 g/mol. The predicted molar refractivity (Wildman–Crippen MR) is 67.2 cm³/mol. The number of thioether (sulfide) groups is 1. The van der Waals surface area contributed by atoms with E-state index in [1.54, 1.807) is 24.9 Å². The minimum absolute atomic E-state index is 0.110. The van der Waals surface area contributed by atoms with Crippen molar-refractivity contribution < 1.29 is 15.0 Å². The highest BCUT2D eigenvalue weighted by Gasteiger charge is 2.33. The summed E-state index contributed by atoms with van der Waals surface area (Å²) in [4.78, 5) is 14.0. The zero-order chi connectivity index (χ0) is 12.6. The van der Waals surface area contributed by atoms with Gasteiger partial charge in [-0.2, -0.15) is 0 Å². The summed E-state index contributed by atoms with van der Waals surface area (Å²) in [5.74, 6) is -0.294. The van der Waals surface area contributed by atoms with Gasteiger partial charge >= 0.3 is 0 Å². The number of fused-ring (bicyclic) bond motifs is 1. The summed E-state index contributed by atoms with van der Waals surface area (Å²) in [5, 5.41) is 18.8. The van der Waals surface area contributed by atoms with Crippen molar-refractivity contribution in [2.75, 3.05) is 18.6 Å². The van der Waals surface area contributed by atoms with E-state index in [0.29, 0.717) is 5.56 Å². The van der Waals surface area contributed by atoms with Gasteiger partial charge in [-0.1, -0.05) is 13.0 Å². The molecule has 92 valence electrons. The van der Waals surface area contributed by atoms with Gasteiger partial charge in [-0.25, -0.2) is 0 Å². The lowest BCUT2D eigenvalue weighted by atomic mass is 10.1. The van der Waals surface area contributed by atoms with Gasteiger partial charge in [0.1, 0.15) is 0 Å². The molecule has 2 rings (SSSR count). The first-order chi connectivity index (χ1) is 8.04. The molecule has 2 atom stereocenters. The van der Waals surface area contributed by atoms with E-state index in [-0.39, 0.29) is 17.8 Å². The van der Waals surface area contributed by atoms with Crippen molar-refractivity contribution in [3.05, 3.63) is 23.8 Å². The van der Waals surface area contributed by atoms with Crippen LogP contribution in [0.3, 0.4) is 0 Å². The SMILES string of the molecule is CC(CO)Sc1ccc2c(c1)N(C)C(=O)C2O. The highest BCUT2D eigenvalue weighted by Crippen LogP contribution is 2.38. The lowest BCUT2D eigenvalue weighted by molar-refractivity contribution is -0.125. The first kappa shape index (κ1) is 12.4. The molecule has 1 amide bonds. The lowest BCUT2D eigenvalue weighted by Crippen LogP contribution is -2.23. The zero-order valence-corrected chi connectivity index (χ0v) is 10.6. The van der Waals surface area contributed by atoms with Gasteiger partial charge in [0.05, 0.1) is 12.3 Å². The second-order valence-electron chi connectivity index (χ2n) is 4.13. The second-order valence-corrected chi connectivity index (χ2v) is 5.64. The molecule has 0 saturated heterocycles. The van der Waals surface area contributed by atoms with Crippen LogP contribution in [0.15, 0.2) is 23.1 Å². The van der Waals surface area contributed by atoms with E-state index in [9.17, 15) is 9.90 Å². The summed E-state index contributed by atoms with van der Waals surface area (Å²) in [7, 11) is 1.65. The third kappa shape index (κ3) is 2.18. The monoisotopic (exact) mass is 253 g/mol. The molecule has 4 nitrogen and oxygen atoms in total. The maximum atomic E-state index is 11.6. The molecule has 1 aromatic rings. The second kappa shape index (κ2) is 4.68. The Hall–Kier alpha value is -1.04. The van der Waals surface area contributed by atoms with Crippen molar-refractivity contribution in [2.45, 2.75) is 23.2 Å². The van der Waals surface area contributed by atoms with Gasteiger partial charge in [-0.15, -0.1) is 11.8 Å². The van der Waals surface area contributed by atoms with Crippen molar-refractivity contribution >= 4 is 23.4 Å². The number of hydrogen-bond acceptors (Lipinski definition) is 4. The number of rotatable bonds is 3. The van der Waals surface area contributed by atoms with Gasteiger partial charge in [0.15, 0.2) is 6.10 Å². The van der Waals surface area contributed by atoms with E-state index in [0.717, 1.165) is 10.6 Å². The van der Waals surface area contributed by atoms with Crippen LogP contribution in [0, 0.1) is 0 Å². The van der Waals surface area contributed by atoms with E-state index in [4.69, 9.17) is 5.11 Å². The van der Waals surface area contributed by atoms with Gasteiger partial charge < -0.3 is 15.1 Å². The summed E-state index contributed by atoms with van der Waals surface area (Å²) < 4.78 is 0. The normalized spacial score (nSPS) is 20.6. The molecule has 1 heterocycles. The molecule has 0 saturated carbocycles. The summed E-state index contributed by atoms with van der Waals surface area (Å²) in [6, 6.07) is 5.51. The minimum atomic E-state index is -1.04. The van der Waals surface area contributed by atoms with Gasteiger partial charge in [0, 0.05) is 22.8 Å². The average Bonchev–Trinajstić information content (AvgIpc) is 2.54. The van der Waals surface area contributed by atoms with E-state index in [1.165, 1.54) is 4.90 Å². The maximum Gasteiger partial charge on any atom is 0.260 e. The van der Waals surface area contributed by atoms with Crippen molar-refractivity contribution in [1.29, 1.82) is 0 Å². The number of anilines is 1. The van der Waals surface area contributed by atoms with Gasteiger partial charge in [-0.05, 0) is 12.1 Å². The number of likely N-dealkylation sites (N-methyl/N-ethyl adjacent to an activating group) is 1. The van der Waals surface area contributed by atoms with Gasteiger partial charge in [-0.3, -0.25) is 4.79 Å². The van der Waals surface area contributed by atoms with Crippen LogP contribution in [0.2, 0.25) is 0 Å². The maximum absolute atomic E-state index is 11.6. The molecule has 0 radical (unpaired) electrons. The molecule has 1 aliphatic heterocycles. The van der Waals surface area contributed by atoms with Gasteiger partial charge in [0.25, 0.3) is 5.91 Å². The summed E-state index contributed by atoms with van der Waals surface area (Å²) in [6.45, 7) is 2.04. The Bertz CT molecular complexity index is 449. The molecule has 1 aromatic carbocycles. The Labute approximate surface area is 104 Å². The first-order valence-corrected chi connectivity index (χ1v) is 6.29. The van der Waals surface area contributed by atoms with E-state index < -0.39 is 6.10 Å². The number of hydrogen-bond donors (Lipinski definition) is 2. The third-order valence-electron chi connectivity index (χ3n) is 2.82. The molecule has 0 fully saturated rings. The number of benzene rings is 1. The van der Waals surface area contributed by atoms with Crippen LogP contribution in [0.5, 0.6) is 0 Å². The van der Waals surface area contributed by atoms with Crippen molar-refractivity contribution in [2.24, 2.45) is 0 Å². The lowest BCUT2D eigenvalue weighted by Gasteiger charge is -2.12. The Morgan fingerprint density at radius 1 is 1.53 bits per heavy atom. The molecule has 17 heavy (non-hydrogen) atoms. The molecule has 0 spiro atoms. The molecule has 1 aliphatic rings. The molecule has 0 aliphatic carbocycles. The number of aliphatic hydroxyl groups excluding tert-OH is 2. The Morgan fingerprint density at radius 2 is 2.24 bits per heavy atom. The molecule has 2 unspecified atom stereocenters. The highest BCUT2D eigenvalue weighted by atomic mass is 32.2. The van der Waals surface area contributed by atoms with Crippen molar-refractivity contribution in [1.82, 2.24) is 0 Å². The zero-order valence-electron chi connectivity index (χ0n) is 9.75. The van der Waals surface area contributed by atoms with Gasteiger partial charge in [0.2, 0.25) is 0 Å². The minimum Gasteiger partial charge on any atom is -0.395 e. The van der Waals surface area contributed by atoms with Crippen LogP contribution in [-0.4, -0.2) is 35.0 Å². The van der Waals surface area contributed by atoms with Crippen molar-refractivity contribution in [3.63, 3.8) is 0 Å². The molecule has 0 aromatic heterocycles.